The number of rotatable bonds is 3. The highest BCUT2D eigenvalue weighted by Gasteiger charge is 2.31. The summed E-state index contributed by atoms with van der Waals surface area (Å²) in [6.07, 6.45) is -2.99. The number of nitrogens with one attached hydrogen (secondary N) is 1. The van der Waals surface area contributed by atoms with Gasteiger partial charge >= 0.3 is 6.18 Å². The molecule has 0 saturated carbocycles. The number of imidazole rings is 1. The minimum Gasteiger partial charge on any atom is -0.346 e. The van der Waals surface area contributed by atoms with Crippen LogP contribution in [0.4, 0.5) is 19.0 Å². The molecular weight excluding hydrogens is 271 g/mol. The molecule has 2 aromatic heterocycles. The Labute approximate surface area is 105 Å². The van der Waals surface area contributed by atoms with E-state index in [9.17, 15) is 13.2 Å². The van der Waals surface area contributed by atoms with Crippen LogP contribution in [0.5, 0.6) is 0 Å². The average Bonchev–Trinajstić information content (AvgIpc) is 2.71. The quantitative estimate of drug-likeness (QED) is 0.877. The molecule has 0 aliphatic heterocycles. The number of alkyl halides is 3. The van der Waals surface area contributed by atoms with Crippen LogP contribution < -0.4 is 4.90 Å². The SMILES string of the molecule is CCN(CC(F)(F)F)c1nc(Cl)nc2nc[nH]c12. The molecule has 98 valence electrons. The smallest absolute Gasteiger partial charge is 0.346 e. The first kappa shape index (κ1) is 12.9. The van der Waals surface area contributed by atoms with Crippen molar-refractivity contribution in [2.24, 2.45) is 0 Å². The molecule has 0 aliphatic carbocycles. The van der Waals surface area contributed by atoms with Crippen molar-refractivity contribution in [2.75, 3.05) is 18.0 Å². The Morgan fingerprint density at radius 1 is 1.39 bits per heavy atom. The van der Waals surface area contributed by atoms with Crippen LogP contribution in [0.3, 0.4) is 0 Å². The molecule has 0 aliphatic rings. The first-order valence-electron chi connectivity index (χ1n) is 5.09. The van der Waals surface area contributed by atoms with E-state index < -0.39 is 12.7 Å². The Morgan fingerprint density at radius 2 is 2.11 bits per heavy atom. The maximum Gasteiger partial charge on any atom is 0.405 e. The van der Waals surface area contributed by atoms with Crippen molar-refractivity contribution >= 4 is 28.6 Å². The maximum atomic E-state index is 12.5. The zero-order valence-electron chi connectivity index (χ0n) is 9.29. The van der Waals surface area contributed by atoms with Gasteiger partial charge in [0.05, 0.1) is 6.33 Å². The molecule has 9 heteroatoms. The lowest BCUT2D eigenvalue weighted by atomic mass is 10.4. The third kappa shape index (κ3) is 2.63. The van der Waals surface area contributed by atoms with E-state index in [1.807, 2.05) is 0 Å². The van der Waals surface area contributed by atoms with Gasteiger partial charge in [-0.2, -0.15) is 23.1 Å². The molecule has 0 unspecified atom stereocenters. The summed E-state index contributed by atoms with van der Waals surface area (Å²) in [5, 5.41) is -0.134. The van der Waals surface area contributed by atoms with Crippen LogP contribution in [-0.4, -0.2) is 39.2 Å². The van der Waals surface area contributed by atoms with Crippen molar-refractivity contribution in [3.05, 3.63) is 11.6 Å². The second-order valence-electron chi connectivity index (χ2n) is 3.55. The van der Waals surface area contributed by atoms with Crippen LogP contribution in [0.1, 0.15) is 6.92 Å². The molecule has 2 rings (SSSR count). The zero-order valence-corrected chi connectivity index (χ0v) is 10.0. The van der Waals surface area contributed by atoms with Gasteiger partial charge in [0, 0.05) is 6.54 Å². The monoisotopic (exact) mass is 279 g/mol. The Bertz CT molecular complexity index is 553. The molecule has 0 aromatic carbocycles. The van der Waals surface area contributed by atoms with Crippen LogP contribution in [0.25, 0.3) is 11.2 Å². The molecule has 0 spiro atoms. The van der Waals surface area contributed by atoms with Crippen molar-refractivity contribution < 1.29 is 13.2 Å². The molecule has 18 heavy (non-hydrogen) atoms. The van der Waals surface area contributed by atoms with Crippen molar-refractivity contribution in [3.8, 4) is 0 Å². The van der Waals surface area contributed by atoms with E-state index in [1.165, 1.54) is 6.33 Å². The van der Waals surface area contributed by atoms with Gasteiger partial charge in [-0.05, 0) is 18.5 Å². The van der Waals surface area contributed by atoms with E-state index in [0.717, 1.165) is 4.90 Å². The number of nitrogens with zero attached hydrogens (tertiary/aromatic N) is 4. The normalized spacial score (nSPS) is 12.1. The minimum atomic E-state index is -4.32. The van der Waals surface area contributed by atoms with Gasteiger partial charge in [-0.1, -0.05) is 0 Å². The number of aromatic nitrogens is 4. The van der Waals surface area contributed by atoms with Gasteiger partial charge in [0.15, 0.2) is 11.5 Å². The Hall–Kier alpha value is -1.57. The van der Waals surface area contributed by atoms with Gasteiger partial charge in [-0.3, -0.25) is 0 Å². The van der Waals surface area contributed by atoms with Crippen molar-refractivity contribution in [1.82, 2.24) is 19.9 Å². The molecular formula is C9H9ClF3N5. The Kier molecular flexibility index (Phi) is 3.29. The first-order valence-corrected chi connectivity index (χ1v) is 5.47. The standard InChI is InChI=1S/C9H9ClF3N5/c1-2-18(3-9(11,12)13)7-5-6(15-4-14-5)16-8(10)17-7/h4H,2-3H2,1H3,(H,14,15,16,17). The minimum absolute atomic E-state index is 0.0994. The molecule has 1 N–H and O–H groups in total. The average molecular weight is 280 g/mol. The molecule has 0 atom stereocenters. The molecule has 0 radical (unpaired) electrons. The van der Waals surface area contributed by atoms with E-state index in [0.29, 0.717) is 5.52 Å². The number of hydrogen-bond acceptors (Lipinski definition) is 4. The number of anilines is 1. The van der Waals surface area contributed by atoms with Crippen molar-refractivity contribution in [3.63, 3.8) is 0 Å². The lowest BCUT2D eigenvalue weighted by molar-refractivity contribution is -0.119. The summed E-state index contributed by atoms with van der Waals surface area (Å²) in [6.45, 7) is 0.635. The predicted molar refractivity (Wildman–Crippen MR) is 60.6 cm³/mol. The molecule has 2 heterocycles. The number of hydrogen-bond donors (Lipinski definition) is 1. The van der Waals surface area contributed by atoms with Crippen LogP contribution in [0.2, 0.25) is 5.28 Å². The summed E-state index contributed by atoms with van der Waals surface area (Å²) in [7, 11) is 0. The van der Waals surface area contributed by atoms with Gasteiger partial charge in [0.2, 0.25) is 5.28 Å². The molecule has 0 bridgehead atoms. The van der Waals surface area contributed by atoms with Crippen LogP contribution in [0.15, 0.2) is 6.33 Å². The molecule has 0 fully saturated rings. The van der Waals surface area contributed by atoms with Gasteiger partial charge in [-0.15, -0.1) is 0 Å². The van der Waals surface area contributed by atoms with Crippen LogP contribution in [0, 0.1) is 0 Å². The summed E-state index contributed by atoms with van der Waals surface area (Å²) in [5.41, 5.74) is 0.580. The van der Waals surface area contributed by atoms with E-state index >= 15 is 0 Å². The second kappa shape index (κ2) is 4.60. The number of aromatic amines is 1. The highest BCUT2D eigenvalue weighted by Crippen LogP contribution is 2.26. The molecule has 2 aromatic rings. The highest BCUT2D eigenvalue weighted by molar-refractivity contribution is 6.28. The van der Waals surface area contributed by atoms with E-state index in [1.54, 1.807) is 6.92 Å². The topological polar surface area (TPSA) is 57.7 Å². The maximum absolute atomic E-state index is 12.5. The fourth-order valence-electron chi connectivity index (χ4n) is 1.57. The summed E-state index contributed by atoms with van der Waals surface area (Å²) in [6, 6.07) is 0. The summed E-state index contributed by atoms with van der Waals surface area (Å²) >= 11 is 5.67. The van der Waals surface area contributed by atoms with E-state index in [-0.39, 0.29) is 23.3 Å². The van der Waals surface area contributed by atoms with Crippen molar-refractivity contribution in [2.45, 2.75) is 13.1 Å². The lowest BCUT2D eigenvalue weighted by Gasteiger charge is -2.23. The second-order valence-corrected chi connectivity index (χ2v) is 3.88. The first-order chi connectivity index (χ1) is 8.40. The molecule has 0 amide bonds. The molecule has 0 saturated heterocycles. The van der Waals surface area contributed by atoms with Crippen LogP contribution in [-0.2, 0) is 0 Å². The lowest BCUT2D eigenvalue weighted by Crippen LogP contribution is -2.34. The fourth-order valence-corrected chi connectivity index (χ4v) is 1.73. The third-order valence-electron chi connectivity index (χ3n) is 2.29. The van der Waals surface area contributed by atoms with E-state index in [2.05, 4.69) is 19.9 Å². The predicted octanol–water partition coefficient (Wildman–Crippen LogP) is 2.39. The largest absolute Gasteiger partial charge is 0.405 e. The van der Waals surface area contributed by atoms with Gasteiger partial charge < -0.3 is 9.88 Å². The summed E-state index contributed by atoms with van der Waals surface area (Å²) in [4.78, 5) is 15.3. The Morgan fingerprint density at radius 3 is 2.72 bits per heavy atom. The zero-order chi connectivity index (χ0) is 13.3. The Balaban J connectivity index is 2.47. The summed E-state index contributed by atoms with van der Waals surface area (Å²) < 4.78 is 37.4. The van der Waals surface area contributed by atoms with Gasteiger partial charge in [0.1, 0.15) is 12.1 Å². The fraction of sp³-hybridized carbons (Fsp3) is 0.444. The number of H-pyrrole nitrogens is 1. The molecule has 5 nitrogen and oxygen atoms in total. The van der Waals surface area contributed by atoms with E-state index in [4.69, 9.17) is 11.6 Å². The highest BCUT2D eigenvalue weighted by atomic mass is 35.5. The van der Waals surface area contributed by atoms with Gasteiger partial charge in [-0.25, -0.2) is 4.98 Å². The summed E-state index contributed by atoms with van der Waals surface area (Å²) in [5.74, 6) is 0.0994. The third-order valence-corrected chi connectivity index (χ3v) is 2.46. The number of fused-ring (bicyclic) bond motifs is 1. The number of halogens is 4. The van der Waals surface area contributed by atoms with Gasteiger partial charge in [0.25, 0.3) is 0 Å². The van der Waals surface area contributed by atoms with Crippen LogP contribution >= 0.6 is 11.6 Å². The van der Waals surface area contributed by atoms with Crippen molar-refractivity contribution in [1.29, 1.82) is 0 Å².